The molecule has 0 atom stereocenters. The van der Waals surface area contributed by atoms with E-state index in [4.69, 9.17) is 0 Å². The molecule has 0 radical (unpaired) electrons. The summed E-state index contributed by atoms with van der Waals surface area (Å²) < 4.78 is 3.48. The van der Waals surface area contributed by atoms with E-state index in [9.17, 15) is 4.79 Å². The number of rotatable bonds is 4. The van der Waals surface area contributed by atoms with Crippen LogP contribution in [0.2, 0.25) is 0 Å². The van der Waals surface area contributed by atoms with Crippen LogP contribution >= 0.6 is 11.3 Å². The summed E-state index contributed by atoms with van der Waals surface area (Å²) in [5.41, 5.74) is 0.0263. The van der Waals surface area contributed by atoms with E-state index < -0.39 is 0 Å². The third kappa shape index (κ3) is 2.13. The van der Waals surface area contributed by atoms with Crippen LogP contribution in [0, 0.1) is 0 Å². The smallest absolute Gasteiger partial charge is 0.328 e. The Kier molecular flexibility index (Phi) is 2.81. The standard InChI is InChI=1S/C14H15N5OS/c1-15-12-10-4-7-21-13(10)17-11(16-12)8-18-5-6-19(14(18)20)9-2-3-9/h4-7,9H,2-3,8H2,1H3,(H,15,16,17). The van der Waals surface area contributed by atoms with Crippen LogP contribution in [0.3, 0.4) is 0 Å². The van der Waals surface area contributed by atoms with E-state index in [1.165, 1.54) is 0 Å². The fourth-order valence-electron chi connectivity index (χ4n) is 2.49. The van der Waals surface area contributed by atoms with Gasteiger partial charge in [0.2, 0.25) is 0 Å². The number of hydrogen-bond acceptors (Lipinski definition) is 5. The first-order valence-electron chi connectivity index (χ1n) is 6.95. The number of hydrogen-bond donors (Lipinski definition) is 1. The molecule has 3 aromatic heterocycles. The normalized spacial score (nSPS) is 14.7. The molecule has 108 valence electrons. The van der Waals surface area contributed by atoms with Crippen molar-refractivity contribution in [3.8, 4) is 0 Å². The maximum Gasteiger partial charge on any atom is 0.328 e. The highest BCUT2D eigenvalue weighted by Crippen LogP contribution is 2.33. The zero-order valence-corrected chi connectivity index (χ0v) is 12.4. The van der Waals surface area contributed by atoms with Crippen molar-refractivity contribution in [3.05, 3.63) is 40.1 Å². The minimum Gasteiger partial charge on any atom is -0.372 e. The number of nitrogens with one attached hydrogen (secondary N) is 1. The quantitative estimate of drug-likeness (QED) is 0.801. The SMILES string of the molecule is CNc1nc(Cn2ccn(C3CC3)c2=O)nc2sccc12. The summed E-state index contributed by atoms with van der Waals surface area (Å²) in [7, 11) is 1.85. The Hall–Kier alpha value is -2.15. The molecule has 6 nitrogen and oxygen atoms in total. The summed E-state index contributed by atoms with van der Waals surface area (Å²) in [5.74, 6) is 1.47. The van der Waals surface area contributed by atoms with Crippen LogP contribution in [0.1, 0.15) is 24.7 Å². The number of anilines is 1. The van der Waals surface area contributed by atoms with Crippen LogP contribution in [0.5, 0.6) is 0 Å². The van der Waals surface area contributed by atoms with Gasteiger partial charge in [0.1, 0.15) is 10.6 Å². The first kappa shape index (κ1) is 12.6. The fraction of sp³-hybridized carbons (Fsp3) is 0.357. The van der Waals surface area contributed by atoms with Crippen molar-refractivity contribution >= 4 is 27.4 Å². The predicted octanol–water partition coefficient (Wildman–Crippen LogP) is 2.08. The molecule has 0 unspecified atom stereocenters. The summed E-state index contributed by atoms with van der Waals surface area (Å²) in [6.45, 7) is 0.404. The van der Waals surface area contributed by atoms with Crippen LogP contribution in [0.15, 0.2) is 28.6 Å². The summed E-state index contributed by atoms with van der Waals surface area (Å²) in [4.78, 5) is 22.3. The molecule has 4 rings (SSSR count). The van der Waals surface area contributed by atoms with E-state index in [-0.39, 0.29) is 5.69 Å². The van der Waals surface area contributed by atoms with Gasteiger partial charge in [0, 0.05) is 25.5 Å². The highest BCUT2D eigenvalue weighted by Gasteiger charge is 2.25. The molecule has 1 N–H and O–H groups in total. The molecule has 0 spiro atoms. The summed E-state index contributed by atoms with van der Waals surface area (Å²) in [5, 5.41) is 6.12. The topological polar surface area (TPSA) is 64.7 Å². The van der Waals surface area contributed by atoms with Crippen molar-refractivity contribution in [2.45, 2.75) is 25.4 Å². The van der Waals surface area contributed by atoms with E-state index >= 15 is 0 Å². The van der Waals surface area contributed by atoms with Gasteiger partial charge in [0.05, 0.1) is 11.9 Å². The highest BCUT2D eigenvalue weighted by molar-refractivity contribution is 7.16. The second-order valence-corrected chi connectivity index (χ2v) is 6.12. The largest absolute Gasteiger partial charge is 0.372 e. The number of thiophene rings is 1. The Balaban J connectivity index is 1.72. The Morgan fingerprint density at radius 2 is 2.24 bits per heavy atom. The van der Waals surface area contributed by atoms with Gasteiger partial charge in [-0.1, -0.05) is 0 Å². The second-order valence-electron chi connectivity index (χ2n) is 5.22. The lowest BCUT2D eigenvalue weighted by molar-refractivity contribution is 0.644. The van der Waals surface area contributed by atoms with Crippen LogP contribution in [0.4, 0.5) is 5.82 Å². The maximum atomic E-state index is 12.3. The average Bonchev–Trinajstić information content (AvgIpc) is 3.11. The molecule has 1 aliphatic carbocycles. The van der Waals surface area contributed by atoms with Gasteiger partial charge in [-0.2, -0.15) is 0 Å². The Morgan fingerprint density at radius 3 is 3.00 bits per heavy atom. The molecule has 1 fully saturated rings. The van der Waals surface area contributed by atoms with Crippen molar-refractivity contribution in [1.29, 1.82) is 0 Å². The fourth-order valence-corrected chi connectivity index (χ4v) is 3.28. The number of fused-ring (bicyclic) bond motifs is 1. The van der Waals surface area contributed by atoms with Crippen molar-refractivity contribution in [1.82, 2.24) is 19.1 Å². The first-order valence-corrected chi connectivity index (χ1v) is 7.83. The Labute approximate surface area is 125 Å². The lowest BCUT2D eigenvalue weighted by atomic mass is 10.3. The van der Waals surface area contributed by atoms with Gasteiger partial charge in [-0.05, 0) is 24.3 Å². The molecule has 1 saturated carbocycles. The number of imidazole rings is 1. The van der Waals surface area contributed by atoms with Gasteiger partial charge in [-0.3, -0.25) is 9.13 Å². The molecule has 0 bridgehead atoms. The summed E-state index contributed by atoms with van der Waals surface area (Å²) >= 11 is 1.58. The molecule has 0 aliphatic heterocycles. The van der Waals surface area contributed by atoms with Gasteiger partial charge in [-0.15, -0.1) is 11.3 Å². The summed E-state index contributed by atoms with van der Waals surface area (Å²) in [6, 6.07) is 2.40. The molecule has 1 aliphatic rings. The molecular formula is C14H15N5OS. The number of nitrogens with zero attached hydrogens (tertiary/aromatic N) is 4. The second kappa shape index (κ2) is 4.70. The molecule has 21 heavy (non-hydrogen) atoms. The predicted molar refractivity (Wildman–Crippen MR) is 83.0 cm³/mol. The average molecular weight is 301 g/mol. The van der Waals surface area contributed by atoms with E-state index in [1.807, 2.05) is 35.5 Å². The Bertz CT molecular complexity index is 858. The van der Waals surface area contributed by atoms with Crippen molar-refractivity contribution in [2.75, 3.05) is 12.4 Å². The molecule has 3 heterocycles. The van der Waals surface area contributed by atoms with Gasteiger partial charge in [0.15, 0.2) is 5.82 Å². The van der Waals surface area contributed by atoms with Crippen LogP contribution in [0.25, 0.3) is 10.2 Å². The van der Waals surface area contributed by atoms with Crippen LogP contribution in [-0.2, 0) is 6.54 Å². The van der Waals surface area contributed by atoms with Gasteiger partial charge in [0.25, 0.3) is 0 Å². The van der Waals surface area contributed by atoms with E-state index in [0.29, 0.717) is 18.4 Å². The molecule has 7 heteroatoms. The first-order chi connectivity index (χ1) is 10.3. The van der Waals surface area contributed by atoms with Gasteiger partial charge in [-0.25, -0.2) is 14.8 Å². The van der Waals surface area contributed by atoms with Crippen molar-refractivity contribution in [2.24, 2.45) is 0 Å². The molecule has 0 saturated heterocycles. The van der Waals surface area contributed by atoms with Gasteiger partial charge < -0.3 is 5.32 Å². The molecular weight excluding hydrogens is 286 g/mol. The van der Waals surface area contributed by atoms with Crippen molar-refractivity contribution < 1.29 is 0 Å². The highest BCUT2D eigenvalue weighted by atomic mass is 32.1. The van der Waals surface area contributed by atoms with Crippen LogP contribution in [-0.4, -0.2) is 26.1 Å². The summed E-state index contributed by atoms with van der Waals surface area (Å²) in [6.07, 6.45) is 5.89. The third-order valence-corrected chi connectivity index (χ3v) is 4.54. The number of aromatic nitrogens is 4. The molecule has 0 amide bonds. The van der Waals surface area contributed by atoms with E-state index in [1.54, 1.807) is 15.9 Å². The van der Waals surface area contributed by atoms with E-state index in [0.717, 1.165) is 28.9 Å². The minimum absolute atomic E-state index is 0.0263. The minimum atomic E-state index is 0.0263. The van der Waals surface area contributed by atoms with Gasteiger partial charge >= 0.3 is 5.69 Å². The lowest BCUT2D eigenvalue weighted by Gasteiger charge is -2.05. The lowest BCUT2D eigenvalue weighted by Crippen LogP contribution is -2.24. The Morgan fingerprint density at radius 1 is 1.38 bits per heavy atom. The molecule has 0 aromatic carbocycles. The van der Waals surface area contributed by atoms with E-state index in [2.05, 4.69) is 15.3 Å². The zero-order chi connectivity index (χ0) is 14.4. The van der Waals surface area contributed by atoms with Crippen molar-refractivity contribution in [3.63, 3.8) is 0 Å². The van der Waals surface area contributed by atoms with Crippen LogP contribution < -0.4 is 11.0 Å². The zero-order valence-electron chi connectivity index (χ0n) is 11.6. The molecule has 3 aromatic rings. The maximum absolute atomic E-state index is 12.3. The third-order valence-electron chi connectivity index (χ3n) is 3.73. The monoisotopic (exact) mass is 301 g/mol.